The van der Waals surface area contributed by atoms with Crippen molar-refractivity contribution in [2.45, 2.75) is 12.8 Å². The van der Waals surface area contributed by atoms with Gasteiger partial charge in [0.2, 0.25) is 10.0 Å². The van der Waals surface area contributed by atoms with Crippen LogP contribution in [0.1, 0.15) is 12.8 Å². The molecule has 0 spiro atoms. The van der Waals surface area contributed by atoms with Crippen molar-refractivity contribution in [3.05, 3.63) is 34.1 Å². The van der Waals surface area contributed by atoms with Gasteiger partial charge in [-0.3, -0.25) is 10.1 Å². The molecule has 0 radical (unpaired) electrons. The number of nitro benzene ring substituents is 1. The molecule has 1 aliphatic heterocycles. The molecular weight excluding hydrogens is 301 g/mol. The maximum absolute atomic E-state index is 14.0. The van der Waals surface area contributed by atoms with Crippen molar-refractivity contribution in [3.8, 4) is 0 Å². The topological polar surface area (TPSA) is 107 Å². The van der Waals surface area contributed by atoms with Crippen LogP contribution in [0.2, 0.25) is 0 Å². The summed E-state index contributed by atoms with van der Waals surface area (Å²) in [5, 5.41) is 15.6. The number of hydrogen-bond acceptors (Lipinski definition) is 5. The summed E-state index contributed by atoms with van der Waals surface area (Å²) < 4.78 is 36.2. The molecule has 2 N–H and O–H groups in total. The second kappa shape index (κ2) is 5.94. The fraction of sp³-hybridized carbons (Fsp3) is 0.500. The quantitative estimate of drug-likeness (QED) is 0.664. The predicted molar refractivity (Wildman–Crippen MR) is 76.0 cm³/mol. The summed E-state index contributed by atoms with van der Waals surface area (Å²) in [4.78, 5) is 11.6. The summed E-state index contributed by atoms with van der Waals surface area (Å²) in [5.74, 6) is -0.984. The molecule has 1 fully saturated rings. The van der Waals surface area contributed by atoms with Gasteiger partial charge in [0.15, 0.2) is 5.82 Å². The number of nitrogens with two attached hydrogens (primary N) is 1. The molecule has 7 nitrogen and oxygen atoms in total. The van der Waals surface area contributed by atoms with E-state index in [0.717, 1.165) is 12.5 Å². The van der Waals surface area contributed by atoms with E-state index in [2.05, 4.69) is 0 Å². The molecule has 0 amide bonds. The molecule has 0 aliphatic carbocycles. The lowest BCUT2D eigenvalue weighted by Crippen LogP contribution is -2.39. The second-order valence-electron chi connectivity index (χ2n) is 5.18. The van der Waals surface area contributed by atoms with Crippen molar-refractivity contribution in [1.29, 1.82) is 0 Å². The van der Waals surface area contributed by atoms with E-state index in [4.69, 9.17) is 5.14 Å². The van der Waals surface area contributed by atoms with Gasteiger partial charge in [0, 0.05) is 19.2 Å². The molecule has 1 unspecified atom stereocenters. The maximum Gasteiger partial charge on any atom is 0.272 e. The molecule has 0 aromatic heterocycles. The van der Waals surface area contributed by atoms with Gasteiger partial charge in [0.25, 0.3) is 5.69 Å². The SMILES string of the molecule is NS(=O)(=O)CC1CCCN(c2ccc([N+](=O)[O-])cc2F)C1. The smallest absolute Gasteiger partial charge is 0.272 e. The summed E-state index contributed by atoms with van der Waals surface area (Å²) in [5.41, 5.74) is -0.0611. The Labute approximate surface area is 121 Å². The third-order valence-corrected chi connectivity index (χ3v) is 4.41. The fourth-order valence-electron chi connectivity index (χ4n) is 2.61. The molecule has 1 saturated heterocycles. The summed E-state index contributed by atoms with van der Waals surface area (Å²) in [6.07, 6.45) is 1.43. The van der Waals surface area contributed by atoms with E-state index >= 15 is 0 Å². The highest BCUT2D eigenvalue weighted by Gasteiger charge is 2.25. The average Bonchev–Trinajstić information content (AvgIpc) is 2.36. The number of anilines is 1. The van der Waals surface area contributed by atoms with Crippen LogP contribution in [0.25, 0.3) is 0 Å². The monoisotopic (exact) mass is 317 g/mol. The molecule has 0 saturated carbocycles. The molecule has 9 heteroatoms. The van der Waals surface area contributed by atoms with Crippen molar-refractivity contribution in [2.75, 3.05) is 23.7 Å². The minimum Gasteiger partial charge on any atom is -0.369 e. The maximum atomic E-state index is 14.0. The van der Waals surface area contributed by atoms with Crippen LogP contribution < -0.4 is 10.0 Å². The highest BCUT2D eigenvalue weighted by atomic mass is 32.2. The Hall–Kier alpha value is -1.74. The largest absolute Gasteiger partial charge is 0.369 e. The Balaban J connectivity index is 2.16. The minimum atomic E-state index is -3.57. The van der Waals surface area contributed by atoms with E-state index in [1.54, 1.807) is 4.90 Å². The van der Waals surface area contributed by atoms with Gasteiger partial charge >= 0.3 is 0 Å². The third-order valence-electron chi connectivity index (χ3n) is 3.47. The van der Waals surface area contributed by atoms with Gasteiger partial charge in [-0.15, -0.1) is 0 Å². The van der Waals surface area contributed by atoms with Crippen LogP contribution in [-0.4, -0.2) is 32.2 Å². The minimum absolute atomic E-state index is 0.141. The lowest BCUT2D eigenvalue weighted by Gasteiger charge is -2.34. The average molecular weight is 317 g/mol. The van der Waals surface area contributed by atoms with Gasteiger partial charge < -0.3 is 4.90 Å². The summed E-state index contributed by atoms with van der Waals surface area (Å²) in [6.45, 7) is 0.945. The standard InChI is InChI=1S/C12H16FN3O4S/c13-11-6-10(16(17)18)3-4-12(11)15-5-1-2-9(7-15)8-21(14,19)20/h3-4,6,9H,1-2,5,7-8H2,(H2,14,19,20). The van der Waals surface area contributed by atoms with Crippen molar-refractivity contribution < 1.29 is 17.7 Å². The van der Waals surface area contributed by atoms with Crippen molar-refractivity contribution in [2.24, 2.45) is 11.1 Å². The van der Waals surface area contributed by atoms with Crippen molar-refractivity contribution in [1.82, 2.24) is 0 Å². The Morgan fingerprint density at radius 1 is 1.48 bits per heavy atom. The molecule has 2 rings (SSSR count). The van der Waals surface area contributed by atoms with Gasteiger partial charge in [-0.2, -0.15) is 0 Å². The first-order valence-corrected chi connectivity index (χ1v) is 8.17. The molecule has 0 bridgehead atoms. The fourth-order valence-corrected chi connectivity index (χ4v) is 3.54. The van der Waals surface area contributed by atoms with Crippen LogP contribution in [-0.2, 0) is 10.0 Å². The first-order valence-electron chi connectivity index (χ1n) is 6.45. The van der Waals surface area contributed by atoms with E-state index in [0.29, 0.717) is 19.5 Å². The van der Waals surface area contributed by atoms with Crippen molar-refractivity contribution >= 4 is 21.4 Å². The number of benzene rings is 1. The lowest BCUT2D eigenvalue weighted by molar-refractivity contribution is -0.385. The highest BCUT2D eigenvalue weighted by Crippen LogP contribution is 2.28. The summed E-state index contributed by atoms with van der Waals surface area (Å²) >= 11 is 0. The van der Waals surface area contributed by atoms with E-state index in [1.807, 2.05) is 0 Å². The van der Waals surface area contributed by atoms with Crippen LogP contribution >= 0.6 is 0 Å². The Morgan fingerprint density at radius 3 is 2.76 bits per heavy atom. The van der Waals surface area contributed by atoms with E-state index in [1.165, 1.54) is 12.1 Å². The zero-order valence-corrected chi connectivity index (χ0v) is 12.1. The first kappa shape index (κ1) is 15.6. The van der Waals surface area contributed by atoms with E-state index in [-0.39, 0.29) is 23.0 Å². The Kier molecular flexibility index (Phi) is 4.43. The zero-order chi connectivity index (χ0) is 15.6. The van der Waals surface area contributed by atoms with Gasteiger partial charge in [0.05, 0.1) is 22.4 Å². The van der Waals surface area contributed by atoms with Gasteiger partial charge in [-0.05, 0) is 24.8 Å². The Bertz CT molecular complexity index is 650. The van der Waals surface area contributed by atoms with Crippen LogP contribution in [0.4, 0.5) is 15.8 Å². The normalized spacial score (nSPS) is 19.5. The number of hydrogen-bond donors (Lipinski definition) is 1. The highest BCUT2D eigenvalue weighted by molar-refractivity contribution is 7.89. The summed E-state index contributed by atoms with van der Waals surface area (Å²) in [6, 6.07) is 3.47. The number of nitrogens with zero attached hydrogens (tertiary/aromatic N) is 2. The van der Waals surface area contributed by atoms with Crippen molar-refractivity contribution in [3.63, 3.8) is 0 Å². The molecule has 1 aliphatic rings. The van der Waals surface area contributed by atoms with E-state index in [9.17, 15) is 22.9 Å². The van der Waals surface area contributed by atoms with Gasteiger partial charge in [-0.25, -0.2) is 17.9 Å². The predicted octanol–water partition coefficient (Wildman–Crippen LogP) is 1.24. The van der Waals surface area contributed by atoms with Gasteiger partial charge in [-0.1, -0.05) is 0 Å². The first-order chi connectivity index (χ1) is 9.76. The lowest BCUT2D eigenvalue weighted by atomic mass is 9.99. The second-order valence-corrected chi connectivity index (χ2v) is 6.84. The molecule has 1 aromatic rings. The Morgan fingerprint density at radius 2 is 2.19 bits per heavy atom. The van der Waals surface area contributed by atoms with Crippen LogP contribution in [0.15, 0.2) is 18.2 Å². The number of primary sulfonamides is 1. The van der Waals surface area contributed by atoms with Crippen LogP contribution in [0.5, 0.6) is 0 Å². The van der Waals surface area contributed by atoms with Crippen LogP contribution in [0.3, 0.4) is 0 Å². The molecule has 1 atom stereocenters. The van der Waals surface area contributed by atoms with Crippen LogP contribution in [0, 0.1) is 21.8 Å². The molecule has 1 aromatic carbocycles. The number of rotatable bonds is 4. The molecule has 116 valence electrons. The molecule has 1 heterocycles. The zero-order valence-electron chi connectivity index (χ0n) is 11.2. The summed E-state index contributed by atoms with van der Waals surface area (Å²) in [7, 11) is -3.57. The number of sulfonamides is 1. The number of non-ortho nitro benzene ring substituents is 1. The number of piperidine rings is 1. The number of halogens is 1. The van der Waals surface area contributed by atoms with E-state index < -0.39 is 20.8 Å². The third kappa shape index (κ3) is 4.11. The molecule has 21 heavy (non-hydrogen) atoms. The van der Waals surface area contributed by atoms with Gasteiger partial charge in [0.1, 0.15) is 0 Å². The molecular formula is C12H16FN3O4S. The number of nitro groups is 1.